The summed E-state index contributed by atoms with van der Waals surface area (Å²) in [5.41, 5.74) is 6.60. The molecule has 0 aliphatic heterocycles. The Balaban J connectivity index is 2.67. The van der Waals surface area contributed by atoms with E-state index in [9.17, 15) is 0 Å². The molecule has 0 aliphatic rings. The minimum Gasteiger partial charge on any atom is -0.471 e. The Hall–Kier alpha value is -0.320. The van der Waals surface area contributed by atoms with Crippen molar-refractivity contribution in [2.24, 2.45) is 5.73 Å². The molecule has 62 valence electrons. The summed E-state index contributed by atoms with van der Waals surface area (Å²) >= 11 is 3.28. The number of nitrogens with two attached hydrogens (primary N) is 1. The molecular weight excluding hydrogens is 210 g/mol. The lowest BCUT2D eigenvalue weighted by atomic mass is 10.1. The molecule has 1 rings (SSSR count). The minimum absolute atomic E-state index is 0.0960. The Morgan fingerprint density at radius 1 is 1.64 bits per heavy atom. The summed E-state index contributed by atoms with van der Waals surface area (Å²) in [5.74, 6) is 0. The van der Waals surface area contributed by atoms with Crippen LogP contribution in [0.5, 0.6) is 0 Å². The van der Waals surface area contributed by atoms with Gasteiger partial charge >= 0.3 is 0 Å². The van der Waals surface area contributed by atoms with Crippen molar-refractivity contribution in [1.82, 2.24) is 0 Å². The van der Waals surface area contributed by atoms with Crippen molar-refractivity contribution in [2.75, 3.05) is 6.61 Å². The molecule has 4 heteroatoms. The molecule has 0 saturated carbocycles. The van der Waals surface area contributed by atoms with Crippen LogP contribution >= 0.6 is 15.9 Å². The van der Waals surface area contributed by atoms with Crippen molar-refractivity contribution in [3.8, 4) is 0 Å². The van der Waals surface area contributed by atoms with Crippen LogP contribution in [-0.2, 0) is 0 Å². The Morgan fingerprint density at radius 2 is 2.36 bits per heavy atom. The molecule has 3 nitrogen and oxygen atoms in total. The number of aliphatic hydroxyl groups excluding tert-OH is 1. The van der Waals surface area contributed by atoms with Gasteiger partial charge in [-0.1, -0.05) is 0 Å². The van der Waals surface area contributed by atoms with Gasteiger partial charge in [-0.2, -0.15) is 0 Å². The van der Waals surface area contributed by atoms with Crippen molar-refractivity contribution in [3.63, 3.8) is 0 Å². The zero-order valence-corrected chi connectivity index (χ0v) is 7.54. The summed E-state index contributed by atoms with van der Waals surface area (Å²) in [4.78, 5) is 0. The maximum absolute atomic E-state index is 8.60. The van der Waals surface area contributed by atoms with Crippen molar-refractivity contribution in [3.05, 3.63) is 22.6 Å². The molecule has 0 aliphatic carbocycles. The number of furan rings is 1. The molecule has 0 saturated heterocycles. The summed E-state index contributed by atoms with van der Waals surface area (Å²) in [5, 5.41) is 8.60. The highest BCUT2D eigenvalue weighted by molar-refractivity contribution is 9.10. The first-order valence-electron chi connectivity index (χ1n) is 3.33. The molecular formula is C7H10BrNO2. The SMILES string of the molecule is NC(CCO)c1cocc1Br. The van der Waals surface area contributed by atoms with E-state index in [1.165, 1.54) is 0 Å². The smallest absolute Gasteiger partial charge is 0.105 e. The molecule has 0 amide bonds. The molecule has 0 spiro atoms. The number of halogens is 1. The first kappa shape index (κ1) is 8.77. The quantitative estimate of drug-likeness (QED) is 0.809. The topological polar surface area (TPSA) is 59.4 Å². The summed E-state index contributed by atoms with van der Waals surface area (Å²) in [6.07, 6.45) is 3.72. The van der Waals surface area contributed by atoms with E-state index in [0.29, 0.717) is 6.42 Å². The Kier molecular flexibility index (Phi) is 3.11. The van der Waals surface area contributed by atoms with Crippen LogP contribution in [0.3, 0.4) is 0 Å². The Bertz CT molecular complexity index is 224. The van der Waals surface area contributed by atoms with Gasteiger partial charge in [0.05, 0.1) is 10.7 Å². The average Bonchev–Trinajstić information content (AvgIpc) is 2.36. The third-order valence-electron chi connectivity index (χ3n) is 1.48. The molecule has 3 N–H and O–H groups in total. The van der Waals surface area contributed by atoms with Crippen molar-refractivity contribution < 1.29 is 9.52 Å². The number of rotatable bonds is 3. The van der Waals surface area contributed by atoms with Crippen LogP contribution in [-0.4, -0.2) is 11.7 Å². The van der Waals surface area contributed by atoms with E-state index in [4.69, 9.17) is 15.3 Å². The summed E-state index contributed by atoms with van der Waals surface area (Å²) in [6, 6.07) is -0.145. The maximum atomic E-state index is 8.60. The monoisotopic (exact) mass is 219 g/mol. The molecule has 0 radical (unpaired) electrons. The molecule has 1 aromatic rings. The third-order valence-corrected chi connectivity index (χ3v) is 2.13. The zero-order valence-electron chi connectivity index (χ0n) is 5.96. The van der Waals surface area contributed by atoms with E-state index in [1.54, 1.807) is 12.5 Å². The van der Waals surface area contributed by atoms with Gasteiger partial charge in [-0.25, -0.2) is 0 Å². The Morgan fingerprint density at radius 3 is 2.82 bits per heavy atom. The molecule has 1 unspecified atom stereocenters. The van der Waals surface area contributed by atoms with Crippen LogP contribution in [0.25, 0.3) is 0 Å². The first-order valence-corrected chi connectivity index (χ1v) is 4.13. The predicted octanol–water partition coefficient (Wildman–Crippen LogP) is 1.42. The number of aliphatic hydroxyl groups is 1. The van der Waals surface area contributed by atoms with Crippen LogP contribution < -0.4 is 5.73 Å². The number of hydrogen-bond acceptors (Lipinski definition) is 3. The van der Waals surface area contributed by atoms with E-state index >= 15 is 0 Å². The second kappa shape index (κ2) is 3.90. The van der Waals surface area contributed by atoms with E-state index in [-0.39, 0.29) is 12.6 Å². The number of hydrogen-bond donors (Lipinski definition) is 2. The fourth-order valence-corrected chi connectivity index (χ4v) is 1.35. The summed E-state index contributed by atoms with van der Waals surface area (Å²) < 4.78 is 5.76. The van der Waals surface area contributed by atoms with Crippen LogP contribution in [0, 0.1) is 0 Å². The largest absolute Gasteiger partial charge is 0.471 e. The fraction of sp³-hybridized carbons (Fsp3) is 0.429. The van der Waals surface area contributed by atoms with Gasteiger partial charge in [-0.3, -0.25) is 0 Å². The lowest BCUT2D eigenvalue weighted by Gasteiger charge is -2.06. The molecule has 1 atom stereocenters. The first-order chi connectivity index (χ1) is 5.25. The van der Waals surface area contributed by atoms with Crippen molar-refractivity contribution in [2.45, 2.75) is 12.5 Å². The minimum atomic E-state index is -0.145. The standard InChI is InChI=1S/C7H10BrNO2/c8-6-4-11-3-5(6)7(9)1-2-10/h3-4,7,10H,1-2,9H2. The second-order valence-electron chi connectivity index (χ2n) is 2.29. The zero-order chi connectivity index (χ0) is 8.27. The van der Waals surface area contributed by atoms with Crippen molar-refractivity contribution >= 4 is 15.9 Å². The van der Waals surface area contributed by atoms with Gasteiger partial charge in [0.15, 0.2) is 0 Å². The Labute approximate surface area is 73.3 Å². The second-order valence-corrected chi connectivity index (χ2v) is 3.15. The van der Waals surface area contributed by atoms with Crippen LogP contribution in [0.2, 0.25) is 0 Å². The van der Waals surface area contributed by atoms with E-state index in [1.807, 2.05) is 0 Å². The van der Waals surface area contributed by atoms with Crippen LogP contribution in [0.15, 0.2) is 21.4 Å². The van der Waals surface area contributed by atoms with Crippen LogP contribution in [0.1, 0.15) is 18.0 Å². The summed E-state index contributed by atoms with van der Waals surface area (Å²) in [7, 11) is 0. The van der Waals surface area contributed by atoms with Gasteiger partial charge < -0.3 is 15.3 Å². The third kappa shape index (κ3) is 2.05. The van der Waals surface area contributed by atoms with Gasteiger partial charge in [0.25, 0.3) is 0 Å². The van der Waals surface area contributed by atoms with Gasteiger partial charge in [0.2, 0.25) is 0 Å². The molecule has 11 heavy (non-hydrogen) atoms. The fourth-order valence-electron chi connectivity index (χ4n) is 0.850. The maximum Gasteiger partial charge on any atom is 0.105 e. The molecule has 1 aromatic heterocycles. The van der Waals surface area contributed by atoms with Gasteiger partial charge in [0, 0.05) is 18.2 Å². The van der Waals surface area contributed by atoms with E-state index < -0.39 is 0 Å². The van der Waals surface area contributed by atoms with Crippen LogP contribution in [0.4, 0.5) is 0 Å². The highest BCUT2D eigenvalue weighted by atomic mass is 79.9. The van der Waals surface area contributed by atoms with Crippen molar-refractivity contribution in [1.29, 1.82) is 0 Å². The lowest BCUT2D eigenvalue weighted by Crippen LogP contribution is -2.11. The molecule has 0 aromatic carbocycles. The normalized spacial score (nSPS) is 13.4. The van der Waals surface area contributed by atoms with Gasteiger partial charge in [-0.15, -0.1) is 0 Å². The highest BCUT2D eigenvalue weighted by Gasteiger charge is 2.10. The molecule has 0 bridgehead atoms. The average molecular weight is 220 g/mol. The molecule has 1 heterocycles. The summed E-state index contributed by atoms with van der Waals surface area (Å²) in [6.45, 7) is 0.0960. The van der Waals surface area contributed by atoms with Gasteiger partial charge in [0.1, 0.15) is 6.26 Å². The van der Waals surface area contributed by atoms with E-state index in [2.05, 4.69) is 15.9 Å². The van der Waals surface area contributed by atoms with E-state index in [0.717, 1.165) is 10.0 Å². The highest BCUT2D eigenvalue weighted by Crippen LogP contribution is 2.24. The lowest BCUT2D eigenvalue weighted by molar-refractivity contribution is 0.276. The predicted molar refractivity (Wildman–Crippen MR) is 45.0 cm³/mol. The van der Waals surface area contributed by atoms with Gasteiger partial charge in [-0.05, 0) is 22.4 Å². The molecule has 0 fully saturated rings.